The molecule has 2 aromatic heterocycles. The number of benzene rings is 2. The number of hydrogen-bond donors (Lipinski definition) is 3. The van der Waals surface area contributed by atoms with Crippen LogP contribution in [0.4, 0.5) is 15.2 Å². The molecule has 1 fully saturated rings. The smallest absolute Gasteiger partial charge is 0.281 e. The number of methoxy groups -OCH3 is 1. The zero-order valence-corrected chi connectivity index (χ0v) is 30.9. The predicted molar refractivity (Wildman–Crippen MR) is 188 cm³/mol. The van der Waals surface area contributed by atoms with Crippen LogP contribution in [0.25, 0.3) is 11.3 Å². The van der Waals surface area contributed by atoms with Crippen LogP contribution >= 0.6 is 22.9 Å². The first-order valence-electron chi connectivity index (χ1n) is 15.2. The molecule has 0 atom stereocenters. The van der Waals surface area contributed by atoms with Crippen LogP contribution in [-0.2, 0) is 22.2 Å². The molecule has 0 unspecified atom stereocenters. The number of nitrogens with one attached hydrogen (secondary N) is 2. The lowest BCUT2D eigenvalue weighted by atomic mass is 9.78. The summed E-state index contributed by atoms with van der Waals surface area (Å²) >= 11 is 7.07. The van der Waals surface area contributed by atoms with Gasteiger partial charge in [0.1, 0.15) is 11.4 Å². The summed E-state index contributed by atoms with van der Waals surface area (Å²) in [5.74, 6) is 0.758. The topological polar surface area (TPSA) is 123 Å². The molecule has 0 bridgehead atoms. The van der Waals surface area contributed by atoms with E-state index in [0.717, 1.165) is 23.3 Å². The molecule has 0 amide bonds. The fourth-order valence-corrected chi connectivity index (χ4v) is 8.70. The molecule has 5 rings (SSSR count). The van der Waals surface area contributed by atoms with E-state index in [0.29, 0.717) is 58.3 Å². The van der Waals surface area contributed by atoms with Crippen molar-refractivity contribution in [3.8, 4) is 22.8 Å². The van der Waals surface area contributed by atoms with E-state index >= 15 is 0 Å². The summed E-state index contributed by atoms with van der Waals surface area (Å²) in [6.45, 7) is 13.0. The highest BCUT2D eigenvalue weighted by atomic mass is 35.5. The van der Waals surface area contributed by atoms with Crippen molar-refractivity contribution in [1.29, 1.82) is 0 Å². The molecule has 0 spiro atoms. The van der Waals surface area contributed by atoms with Crippen molar-refractivity contribution in [2.45, 2.75) is 82.3 Å². The summed E-state index contributed by atoms with van der Waals surface area (Å²) in [5.41, 5.74) is 1.64. The number of aliphatic hydroxyl groups is 1. The number of rotatable bonds is 11. The molecule has 1 aliphatic rings. The van der Waals surface area contributed by atoms with Crippen molar-refractivity contribution in [2.24, 2.45) is 0 Å². The number of aryl methyl sites for hydroxylation is 1. The van der Waals surface area contributed by atoms with Crippen molar-refractivity contribution < 1.29 is 27.1 Å². The lowest BCUT2D eigenvalue weighted by Gasteiger charge is -2.37. The van der Waals surface area contributed by atoms with Gasteiger partial charge in [0.05, 0.1) is 34.6 Å². The third-order valence-electron chi connectivity index (χ3n) is 8.86. The van der Waals surface area contributed by atoms with Gasteiger partial charge in [-0.2, -0.15) is 8.42 Å². The third-order valence-corrected chi connectivity index (χ3v) is 16.2. The van der Waals surface area contributed by atoms with Crippen LogP contribution in [0.3, 0.4) is 0 Å². The Labute approximate surface area is 285 Å². The van der Waals surface area contributed by atoms with Gasteiger partial charge in [-0.05, 0) is 80.2 Å². The van der Waals surface area contributed by atoms with Crippen molar-refractivity contribution >= 4 is 52.1 Å². The highest BCUT2D eigenvalue weighted by Crippen LogP contribution is 2.49. The Balaban J connectivity index is 1.37. The van der Waals surface area contributed by atoms with E-state index in [9.17, 15) is 17.9 Å². The number of nitrogens with zero attached hydrogens (tertiary/aromatic N) is 2. The first-order chi connectivity index (χ1) is 21.9. The minimum absolute atomic E-state index is 0.0118. The largest absolute Gasteiger partial charge is 0.541 e. The number of pyridine rings is 1. The monoisotopic (exact) mass is 718 g/mol. The quantitative estimate of drug-likeness (QED) is 0.132. The molecular weight excluding hydrogens is 679 g/mol. The van der Waals surface area contributed by atoms with E-state index in [2.05, 4.69) is 53.9 Å². The van der Waals surface area contributed by atoms with Gasteiger partial charge in [0.25, 0.3) is 18.3 Å². The van der Waals surface area contributed by atoms with E-state index in [1.807, 2.05) is 18.2 Å². The Bertz CT molecular complexity index is 1910. The van der Waals surface area contributed by atoms with Crippen LogP contribution < -0.4 is 19.2 Å². The molecule has 0 saturated heterocycles. The molecule has 0 aliphatic heterocycles. The van der Waals surface area contributed by atoms with Crippen LogP contribution in [-0.4, -0.2) is 38.9 Å². The van der Waals surface area contributed by atoms with Gasteiger partial charge in [-0.1, -0.05) is 55.8 Å². The number of hydrogen-bond acceptors (Lipinski definition) is 9. The van der Waals surface area contributed by atoms with Gasteiger partial charge in [0.2, 0.25) is 0 Å². The highest BCUT2D eigenvalue weighted by molar-refractivity contribution is 7.92. The number of para-hydroxylation sites is 1. The maximum absolute atomic E-state index is 13.9. The molecule has 252 valence electrons. The molecule has 1 aliphatic carbocycles. The summed E-state index contributed by atoms with van der Waals surface area (Å²) in [5, 5.41) is 14.3. The molecule has 2 heterocycles. The molecule has 14 heteroatoms. The van der Waals surface area contributed by atoms with Gasteiger partial charge in [-0.3, -0.25) is 4.72 Å². The predicted octanol–water partition coefficient (Wildman–Crippen LogP) is 8.48. The molecule has 2 aromatic carbocycles. The Morgan fingerprint density at radius 1 is 1.17 bits per heavy atom. The van der Waals surface area contributed by atoms with Crippen LogP contribution in [0.2, 0.25) is 23.2 Å². The van der Waals surface area contributed by atoms with Crippen LogP contribution in [0.15, 0.2) is 53.7 Å². The Kier molecular flexibility index (Phi) is 9.70. The lowest BCUT2D eigenvalue weighted by molar-refractivity contribution is -0.0350. The second-order valence-corrected chi connectivity index (χ2v) is 21.1. The Morgan fingerprint density at radius 2 is 1.89 bits per heavy atom. The normalized spacial score (nSPS) is 14.8. The minimum atomic E-state index is -4.15. The minimum Gasteiger partial charge on any atom is -0.541 e. The summed E-state index contributed by atoms with van der Waals surface area (Å²) in [6, 6.07) is 11.6. The summed E-state index contributed by atoms with van der Waals surface area (Å²) in [7, 11) is -4.71. The van der Waals surface area contributed by atoms with Gasteiger partial charge in [-0.15, -0.1) is 0 Å². The summed E-state index contributed by atoms with van der Waals surface area (Å²) in [6.07, 6.45) is 3.31. The van der Waals surface area contributed by atoms with Crippen molar-refractivity contribution in [3.05, 3.63) is 75.5 Å². The van der Waals surface area contributed by atoms with Crippen molar-refractivity contribution in [3.63, 3.8) is 0 Å². The molecule has 3 N–H and O–H groups in total. The summed E-state index contributed by atoms with van der Waals surface area (Å²) in [4.78, 5) is 9.31. The van der Waals surface area contributed by atoms with E-state index in [1.54, 1.807) is 20.1 Å². The number of halogens is 2. The first-order valence-corrected chi connectivity index (χ1v) is 20.8. The highest BCUT2D eigenvalue weighted by Gasteiger charge is 2.42. The van der Waals surface area contributed by atoms with Gasteiger partial charge in [0.15, 0.2) is 21.7 Å². The molecule has 4 aromatic rings. The van der Waals surface area contributed by atoms with E-state index in [1.165, 1.54) is 24.4 Å². The fraction of sp³-hybridized carbons (Fsp3) is 0.394. The maximum Gasteiger partial charge on any atom is 0.281 e. The molecule has 9 nitrogen and oxygen atoms in total. The maximum atomic E-state index is 13.9. The van der Waals surface area contributed by atoms with Crippen molar-refractivity contribution in [2.75, 3.05) is 17.1 Å². The lowest BCUT2D eigenvalue weighted by Crippen LogP contribution is -2.44. The van der Waals surface area contributed by atoms with Crippen LogP contribution in [0, 0.1) is 12.7 Å². The van der Waals surface area contributed by atoms with Gasteiger partial charge >= 0.3 is 0 Å². The van der Waals surface area contributed by atoms with Crippen LogP contribution in [0.5, 0.6) is 11.5 Å². The van der Waals surface area contributed by atoms with E-state index in [4.69, 9.17) is 20.8 Å². The molecule has 47 heavy (non-hydrogen) atoms. The Morgan fingerprint density at radius 3 is 2.49 bits per heavy atom. The SMILES string of the molecule is COc1cccc(CNc2cnc(S(=O)(=O)Nc3nc(-c4ccc(F)c(Cl)c4)c(C4(O)CCC4)s3)c(C)c2)c1O[Si](C)(C)C(C)(C)C. The third kappa shape index (κ3) is 7.29. The zero-order valence-electron chi connectivity index (χ0n) is 27.5. The second kappa shape index (κ2) is 13.0. The number of aromatic nitrogens is 2. The fourth-order valence-electron chi connectivity index (χ4n) is 4.94. The average molecular weight is 719 g/mol. The summed E-state index contributed by atoms with van der Waals surface area (Å²) < 4.78 is 55.8. The molecule has 1 saturated carbocycles. The van der Waals surface area contributed by atoms with Crippen LogP contribution in [0.1, 0.15) is 56.0 Å². The Hall–Kier alpha value is -3.23. The standard InChI is InChI=1S/C33H40ClFN4O5S2Si/c1-20-16-23(36-18-22-10-8-11-26(43-5)28(22)44-47(6,7)32(2,3)4)19-37-30(20)46(41,42)39-31-38-27(21-12-13-25(35)24(34)17-21)29(45-31)33(40)14-9-15-33/h8,10-13,16-17,19,36,40H,9,14-15,18H2,1-7H3,(H,38,39). The van der Waals surface area contributed by atoms with Gasteiger partial charge < -0.3 is 19.6 Å². The van der Waals surface area contributed by atoms with E-state index < -0.39 is 29.8 Å². The second-order valence-electron chi connectivity index (χ2n) is 13.3. The first kappa shape index (κ1) is 35.1. The number of sulfonamides is 1. The zero-order chi connectivity index (χ0) is 34.4. The number of thiazole rings is 1. The molecular formula is C33H40ClFN4O5S2Si. The molecule has 0 radical (unpaired) electrons. The number of anilines is 2. The van der Waals surface area contributed by atoms with Gasteiger partial charge in [-0.25, -0.2) is 14.4 Å². The van der Waals surface area contributed by atoms with Crippen molar-refractivity contribution in [1.82, 2.24) is 9.97 Å². The van der Waals surface area contributed by atoms with Gasteiger partial charge in [0, 0.05) is 17.7 Å². The average Bonchev–Trinajstić information content (AvgIpc) is 3.39. The van der Waals surface area contributed by atoms with E-state index in [-0.39, 0.29) is 20.2 Å². The number of ether oxygens (including phenoxy) is 1.